The summed E-state index contributed by atoms with van der Waals surface area (Å²) in [5.74, 6) is 1.32. The predicted octanol–water partition coefficient (Wildman–Crippen LogP) is 2.26. The van der Waals surface area contributed by atoms with Gasteiger partial charge < -0.3 is 19.5 Å². The summed E-state index contributed by atoms with van der Waals surface area (Å²) in [6.07, 6.45) is 7.29. The molecule has 0 aromatic heterocycles. The Morgan fingerprint density at radius 3 is 2.67 bits per heavy atom. The molecular weight excluding hydrogens is 410 g/mol. The number of fused-ring (bicyclic) bond motifs is 1. The Labute approximate surface area is 173 Å². The summed E-state index contributed by atoms with van der Waals surface area (Å²) in [6.45, 7) is -0.0188. The summed E-state index contributed by atoms with van der Waals surface area (Å²) in [7, 11) is -2.19. The molecule has 0 saturated heterocycles. The molecule has 9 heteroatoms. The van der Waals surface area contributed by atoms with Crippen LogP contribution in [-0.4, -0.2) is 40.3 Å². The number of carbonyl (C=O) groups is 2. The van der Waals surface area contributed by atoms with E-state index in [2.05, 4.69) is 11.2 Å². The number of hydrogen-bond acceptors (Lipinski definition) is 7. The second-order valence-corrected chi connectivity index (χ2v) is 8.15. The first-order valence-electron chi connectivity index (χ1n) is 8.57. The maximum atomic E-state index is 12.5. The van der Waals surface area contributed by atoms with E-state index in [-0.39, 0.29) is 40.0 Å². The van der Waals surface area contributed by atoms with E-state index >= 15 is 0 Å². The van der Waals surface area contributed by atoms with Crippen molar-refractivity contribution in [3.63, 3.8) is 0 Å². The van der Waals surface area contributed by atoms with E-state index < -0.39 is 21.7 Å². The quantitative estimate of drug-likeness (QED) is 0.428. The number of anilines is 1. The Balaban J connectivity index is 1.94. The molecule has 1 amide bonds. The first kappa shape index (κ1) is 21.0. The van der Waals surface area contributed by atoms with Gasteiger partial charge >= 0.3 is 5.97 Å². The van der Waals surface area contributed by atoms with Crippen LogP contribution in [0.4, 0.5) is 5.69 Å². The van der Waals surface area contributed by atoms with Crippen molar-refractivity contribution in [2.45, 2.75) is 4.90 Å². The molecule has 0 spiro atoms. The zero-order chi connectivity index (χ0) is 21.9. The van der Waals surface area contributed by atoms with E-state index in [0.29, 0.717) is 5.56 Å². The Bertz CT molecular complexity index is 1210. The van der Waals surface area contributed by atoms with E-state index in [1.54, 1.807) is 18.2 Å². The normalized spacial score (nSPS) is 13.9. The molecule has 1 aliphatic heterocycles. The zero-order valence-corrected chi connectivity index (χ0v) is 16.9. The summed E-state index contributed by atoms with van der Waals surface area (Å²) in [5.41, 5.74) is 0.543. The van der Waals surface area contributed by atoms with Gasteiger partial charge in [-0.1, -0.05) is 18.1 Å². The van der Waals surface area contributed by atoms with Crippen LogP contribution < -0.4 is 14.8 Å². The van der Waals surface area contributed by atoms with Gasteiger partial charge in [0.25, 0.3) is 5.91 Å². The van der Waals surface area contributed by atoms with Gasteiger partial charge in [0, 0.05) is 17.9 Å². The second kappa shape index (κ2) is 8.31. The van der Waals surface area contributed by atoms with Crippen LogP contribution in [0.3, 0.4) is 0 Å². The number of nitrogens with one attached hydrogen (secondary N) is 1. The van der Waals surface area contributed by atoms with E-state index in [1.165, 1.54) is 25.3 Å². The van der Waals surface area contributed by atoms with Crippen LogP contribution in [0.25, 0.3) is 5.76 Å². The summed E-state index contributed by atoms with van der Waals surface area (Å²) in [4.78, 5) is 24.8. The van der Waals surface area contributed by atoms with E-state index in [4.69, 9.17) is 20.6 Å². The minimum Gasteiger partial charge on any atom is -0.492 e. The van der Waals surface area contributed by atoms with E-state index in [0.717, 1.165) is 12.3 Å². The molecule has 154 valence electrons. The highest BCUT2D eigenvalue weighted by atomic mass is 32.2. The molecule has 1 heterocycles. The maximum absolute atomic E-state index is 12.5. The molecule has 0 saturated carbocycles. The molecule has 0 radical (unpaired) electrons. The predicted molar refractivity (Wildman–Crippen MR) is 109 cm³/mol. The van der Waals surface area contributed by atoms with Crippen LogP contribution >= 0.6 is 0 Å². The summed E-state index contributed by atoms with van der Waals surface area (Å²) in [5, 5.41) is 2.49. The van der Waals surface area contributed by atoms with Crippen molar-refractivity contribution in [2.24, 2.45) is 0 Å². The van der Waals surface area contributed by atoms with Crippen LogP contribution in [0.5, 0.6) is 11.5 Å². The van der Waals surface area contributed by atoms with Gasteiger partial charge in [-0.3, -0.25) is 4.79 Å². The lowest BCUT2D eigenvalue weighted by Crippen LogP contribution is -2.12. The third-order valence-corrected chi connectivity index (χ3v) is 5.27. The number of cyclic esters (lactones) is 1. The number of sulfone groups is 1. The van der Waals surface area contributed by atoms with Gasteiger partial charge in [-0.25, -0.2) is 13.2 Å². The number of esters is 1. The second-order valence-electron chi connectivity index (χ2n) is 6.17. The molecule has 0 aliphatic carbocycles. The van der Waals surface area contributed by atoms with Crippen molar-refractivity contribution in [2.75, 3.05) is 25.3 Å². The standard InChI is InChI=1S/C21H17NO7S/c1-4-11-28-15-10-9-13-16(29-21(24)19(13)20(15)27-2)12-18(23)22-14-7-5-6-8-17(14)30(3,25)26/h1,5-10,12H,11H2,2-3H3,(H,22,23)/b16-12-. The van der Waals surface area contributed by atoms with Gasteiger partial charge in [0.15, 0.2) is 21.3 Å². The van der Waals surface area contributed by atoms with Gasteiger partial charge in [0.05, 0.1) is 17.7 Å². The topological polar surface area (TPSA) is 108 Å². The Hall–Kier alpha value is -3.77. The number of terminal acetylenes is 1. The number of methoxy groups -OCH3 is 1. The third-order valence-electron chi connectivity index (χ3n) is 4.12. The van der Waals surface area contributed by atoms with Crippen molar-refractivity contribution in [3.05, 3.63) is 53.6 Å². The fraction of sp³-hybridized carbons (Fsp3) is 0.143. The molecular formula is C21H17NO7S. The zero-order valence-electron chi connectivity index (χ0n) is 16.1. The molecule has 1 aliphatic rings. The molecule has 1 N–H and O–H groups in total. The monoisotopic (exact) mass is 427 g/mol. The van der Waals surface area contributed by atoms with E-state index in [1.807, 2.05) is 0 Å². The molecule has 0 atom stereocenters. The van der Waals surface area contributed by atoms with Crippen molar-refractivity contribution >= 4 is 33.2 Å². The number of amides is 1. The first-order valence-corrected chi connectivity index (χ1v) is 10.5. The fourth-order valence-electron chi connectivity index (χ4n) is 2.90. The lowest BCUT2D eigenvalue weighted by Gasteiger charge is -2.10. The fourth-order valence-corrected chi connectivity index (χ4v) is 3.75. The number of hydrogen-bond donors (Lipinski definition) is 1. The highest BCUT2D eigenvalue weighted by Crippen LogP contribution is 2.41. The van der Waals surface area contributed by atoms with Crippen molar-refractivity contribution in [1.29, 1.82) is 0 Å². The smallest absolute Gasteiger partial charge is 0.348 e. The van der Waals surface area contributed by atoms with E-state index in [9.17, 15) is 18.0 Å². The SMILES string of the molecule is C#CCOc1ccc2c(c1OC)C(=O)O/C2=C\C(=O)Nc1ccccc1S(C)(=O)=O. The average molecular weight is 427 g/mol. The lowest BCUT2D eigenvalue weighted by atomic mass is 10.1. The van der Waals surface area contributed by atoms with Crippen LogP contribution in [0.15, 0.2) is 47.4 Å². The maximum Gasteiger partial charge on any atom is 0.348 e. The summed E-state index contributed by atoms with van der Waals surface area (Å²) >= 11 is 0. The van der Waals surface area contributed by atoms with Gasteiger partial charge in [-0.2, -0.15) is 0 Å². The minimum absolute atomic E-state index is 0.00821. The van der Waals surface area contributed by atoms with Gasteiger partial charge in [0.1, 0.15) is 17.9 Å². The summed E-state index contributed by atoms with van der Waals surface area (Å²) in [6, 6.07) is 9.06. The number of benzene rings is 2. The Morgan fingerprint density at radius 1 is 1.27 bits per heavy atom. The van der Waals surface area contributed by atoms with Crippen molar-refractivity contribution < 1.29 is 32.2 Å². The van der Waals surface area contributed by atoms with Gasteiger partial charge in [-0.05, 0) is 24.3 Å². The van der Waals surface area contributed by atoms with Crippen LogP contribution in [-0.2, 0) is 19.4 Å². The number of carbonyl (C=O) groups excluding carboxylic acids is 2. The minimum atomic E-state index is -3.55. The lowest BCUT2D eigenvalue weighted by molar-refractivity contribution is -0.111. The number of ether oxygens (including phenoxy) is 3. The number of rotatable bonds is 6. The average Bonchev–Trinajstić information content (AvgIpc) is 3.00. The molecule has 2 aromatic rings. The number of para-hydroxylation sites is 1. The molecule has 0 bridgehead atoms. The summed E-state index contributed by atoms with van der Waals surface area (Å²) < 4.78 is 39.6. The van der Waals surface area contributed by atoms with Gasteiger partial charge in [-0.15, -0.1) is 6.42 Å². The molecule has 0 unspecified atom stereocenters. The van der Waals surface area contributed by atoms with Gasteiger partial charge in [0.2, 0.25) is 0 Å². The molecule has 30 heavy (non-hydrogen) atoms. The Kier molecular flexibility index (Phi) is 5.80. The third kappa shape index (κ3) is 4.14. The van der Waals surface area contributed by atoms with Crippen LogP contribution in [0.2, 0.25) is 0 Å². The Morgan fingerprint density at radius 2 is 2.00 bits per heavy atom. The van der Waals surface area contributed by atoms with Crippen LogP contribution in [0, 0.1) is 12.3 Å². The molecule has 2 aromatic carbocycles. The molecule has 3 rings (SSSR count). The largest absolute Gasteiger partial charge is 0.492 e. The highest BCUT2D eigenvalue weighted by molar-refractivity contribution is 7.90. The van der Waals surface area contributed by atoms with Crippen molar-refractivity contribution in [1.82, 2.24) is 0 Å². The van der Waals surface area contributed by atoms with Crippen molar-refractivity contribution in [3.8, 4) is 23.8 Å². The highest BCUT2D eigenvalue weighted by Gasteiger charge is 2.33. The van der Waals surface area contributed by atoms with Crippen LogP contribution in [0.1, 0.15) is 15.9 Å². The first-order chi connectivity index (χ1) is 14.3. The molecule has 8 nitrogen and oxygen atoms in total. The molecule has 0 fully saturated rings.